The van der Waals surface area contributed by atoms with Gasteiger partial charge in [-0.05, 0) is 127 Å². The Morgan fingerprint density at radius 3 is 1.26 bits per heavy atom. The third kappa shape index (κ3) is 14.9. The number of alkyl halides is 6. The van der Waals surface area contributed by atoms with Crippen LogP contribution in [0.2, 0.25) is 0 Å². The molecular weight excluding hydrogens is 1370 g/mol. The second-order valence-corrected chi connectivity index (χ2v) is 25.0. The molecule has 0 saturated carbocycles. The van der Waals surface area contributed by atoms with Crippen LogP contribution in [-0.2, 0) is 58.5 Å². The monoisotopic (exact) mass is 1430 g/mol. The van der Waals surface area contributed by atoms with E-state index in [-0.39, 0.29) is 101 Å². The standard InChI is InChI=1S/C21H24F3N5O2.C20H21BrF3N5O2.C19H20BrF3N6O2/c1-12-8-14(4-5-16(12)22)25-21(31)28-10-15-17(9-13(28)2)26-29-7-3-6-27(11-18(23)24)20(30)19(15)29;1-11-7-16-13(9-28(11)20(31)25-12-3-4-15(22)14(21)8-12)18-19(30)27(10-17(23)24)5-2-6-29(18)26-16;1-10-7-13-11(8-28(10)19(31)25-12-3-4-24-17(20)15(12)23)16-18(30)27(9-14(21)22)5-2-6-29(16)26-13/h4-5,8,13,18H,3,6-7,9-11H2,1-2H3,(H,25,31);3-4,8,11,17H,2,5-7,9-10H2,1H3,(H,25,31);3-4,10,14H,2,5-9H2,1H3,(H,24,25,31)/t13-;11-;10-/m111/s1. The lowest BCUT2D eigenvalue weighted by molar-refractivity contribution is 0.0556. The number of halogens is 11. The van der Waals surface area contributed by atoms with Crippen LogP contribution in [0.1, 0.15) is 111 Å². The van der Waals surface area contributed by atoms with Crippen molar-refractivity contribution < 1.29 is 68.3 Å². The molecule has 2 aromatic carbocycles. The molecule has 22 nitrogen and oxygen atoms in total. The highest BCUT2D eigenvalue weighted by atomic mass is 79.9. The van der Waals surface area contributed by atoms with Crippen molar-refractivity contribution in [3.63, 3.8) is 0 Å². The van der Waals surface area contributed by atoms with Gasteiger partial charge in [-0.15, -0.1) is 0 Å². The lowest BCUT2D eigenvalue weighted by atomic mass is 9.99. The fourth-order valence-corrected chi connectivity index (χ4v) is 12.9. The van der Waals surface area contributed by atoms with E-state index in [2.05, 4.69) is 68.1 Å². The number of hydrogen-bond acceptors (Lipinski definition) is 10. The summed E-state index contributed by atoms with van der Waals surface area (Å²) in [5, 5.41) is 21.6. The minimum absolute atomic E-state index is 0.0223. The summed E-state index contributed by atoms with van der Waals surface area (Å²) in [6, 6.07) is 7.87. The first kappa shape index (κ1) is 67.7. The number of urea groups is 3. The number of aryl methyl sites for hydroxylation is 4. The van der Waals surface area contributed by atoms with Crippen molar-refractivity contribution in [2.24, 2.45) is 0 Å². The molecule has 0 spiro atoms. The number of aromatic nitrogens is 7. The highest BCUT2D eigenvalue weighted by Gasteiger charge is 2.41. The van der Waals surface area contributed by atoms with Crippen molar-refractivity contribution >= 4 is 84.7 Å². The van der Waals surface area contributed by atoms with Gasteiger partial charge in [0.2, 0.25) is 0 Å². The second-order valence-electron chi connectivity index (χ2n) is 23.4. The van der Waals surface area contributed by atoms with Crippen LogP contribution in [0.3, 0.4) is 0 Å². The first-order chi connectivity index (χ1) is 44.2. The van der Waals surface area contributed by atoms with Crippen LogP contribution in [0.25, 0.3) is 0 Å². The molecule has 33 heteroatoms. The molecule has 0 fully saturated rings. The van der Waals surface area contributed by atoms with Gasteiger partial charge in [0.15, 0.2) is 5.82 Å². The minimum atomic E-state index is -2.63. The summed E-state index contributed by atoms with van der Waals surface area (Å²) in [6.07, 6.45) is -3.64. The number of benzene rings is 2. The van der Waals surface area contributed by atoms with E-state index >= 15 is 0 Å². The number of carbonyl (C=O) groups is 6. The smallest absolute Gasteiger partial charge is 0.322 e. The molecule has 93 heavy (non-hydrogen) atoms. The predicted octanol–water partition coefficient (Wildman–Crippen LogP) is 10.6. The Morgan fingerprint density at radius 2 is 0.892 bits per heavy atom. The van der Waals surface area contributed by atoms with Gasteiger partial charge in [0, 0.05) is 111 Å². The number of hydrogen-bond donors (Lipinski definition) is 3. The van der Waals surface area contributed by atoms with Crippen LogP contribution in [-0.4, -0.2) is 176 Å². The first-order valence-corrected chi connectivity index (χ1v) is 31.6. The number of amides is 9. The SMILES string of the molecule is C[C@@H]1Cc2nn3c(c2CN1C(=O)Nc1ccc(F)c(Br)c1)C(=O)N(CC(F)F)CCC3.C[C@@H]1Cc2nn3c(c2CN1C(=O)Nc1ccnc(Br)c1F)C(=O)N(CC(F)F)CCC3.Cc1cc(NC(=O)N2Cc3c(nn4c3C(=O)N(CC(F)F)CCC4)C[C@H]2C)ccc1F. The molecule has 12 rings (SSSR count). The van der Waals surface area contributed by atoms with E-state index in [9.17, 15) is 68.3 Å². The molecule has 0 saturated heterocycles. The number of rotatable bonds is 9. The van der Waals surface area contributed by atoms with Gasteiger partial charge in [-0.3, -0.25) is 28.4 Å². The van der Waals surface area contributed by atoms with E-state index in [4.69, 9.17) is 0 Å². The number of pyridine rings is 1. The van der Waals surface area contributed by atoms with Gasteiger partial charge in [0.1, 0.15) is 33.3 Å². The van der Waals surface area contributed by atoms with E-state index in [0.29, 0.717) is 103 Å². The number of fused-ring (bicyclic) bond motifs is 9. The maximum absolute atomic E-state index is 14.2. The van der Waals surface area contributed by atoms with Gasteiger partial charge in [0.05, 0.1) is 66.5 Å². The normalized spacial score (nSPS) is 18.6. The lowest BCUT2D eigenvalue weighted by Gasteiger charge is -2.33. The minimum Gasteiger partial charge on any atom is -0.332 e. The van der Waals surface area contributed by atoms with Crippen LogP contribution in [0.5, 0.6) is 0 Å². The van der Waals surface area contributed by atoms with E-state index in [1.807, 2.05) is 20.8 Å². The molecular formula is C60H65Br2F9N16O6. The molecule has 0 aliphatic carbocycles. The summed E-state index contributed by atoms with van der Waals surface area (Å²) in [5.41, 5.74) is 5.95. The van der Waals surface area contributed by atoms with Gasteiger partial charge in [-0.25, -0.2) is 58.9 Å². The third-order valence-electron chi connectivity index (χ3n) is 16.8. The van der Waals surface area contributed by atoms with E-state index < -0.39 is 80.3 Å². The molecule has 9 amide bonds. The van der Waals surface area contributed by atoms with Crippen molar-refractivity contribution in [3.8, 4) is 0 Å². The number of carbonyl (C=O) groups excluding carboxylic acids is 6. The van der Waals surface area contributed by atoms with Gasteiger partial charge < -0.3 is 45.3 Å². The Kier molecular flexibility index (Phi) is 20.8. The quantitative estimate of drug-likeness (QED) is 0.0917. The van der Waals surface area contributed by atoms with Crippen molar-refractivity contribution in [2.45, 2.75) is 143 Å². The van der Waals surface area contributed by atoms with Crippen LogP contribution in [0.4, 0.5) is 71.0 Å². The highest BCUT2D eigenvalue weighted by Crippen LogP contribution is 2.34. The molecule has 0 unspecified atom stereocenters. The Bertz CT molecular complexity index is 3690. The predicted molar refractivity (Wildman–Crippen MR) is 327 cm³/mol. The molecule has 4 aromatic heterocycles. The highest BCUT2D eigenvalue weighted by molar-refractivity contribution is 9.10. The van der Waals surface area contributed by atoms with E-state index in [0.717, 1.165) is 20.4 Å². The molecule has 6 aliphatic rings. The van der Waals surface area contributed by atoms with Crippen molar-refractivity contribution in [3.05, 3.63) is 132 Å². The van der Waals surface area contributed by atoms with Crippen molar-refractivity contribution in [1.82, 2.24) is 63.7 Å². The zero-order valence-electron chi connectivity index (χ0n) is 50.7. The van der Waals surface area contributed by atoms with Crippen LogP contribution < -0.4 is 16.0 Å². The van der Waals surface area contributed by atoms with Crippen LogP contribution >= 0.6 is 31.9 Å². The average Bonchev–Trinajstić information content (AvgIpc) is 1.66. The maximum Gasteiger partial charge on any atom is 0.322 e. The lowest BCUT2D eigenvalue weighted by Crippen LogP contribution is -2.45. The average molecular weight is 1440 g/mol. The molecule has 498 valence electrons. The fourth-order valence-electron chi connectivity index (χ4n) is 12.2. The van der Waals surface area contributed by atoms with Gasteiger partial charge in [-0.2, -0.15) is 15.3 Å². The molecule has 10 heterocycles. The van der Waals surface area contributed by atoms with Crippen LogP contribution in [0.15, 0.2) is 57.7 Å². The summed E-state index contributed by atoms with van der Waals surface area (Å²) in [7, 11) is 0. The summed E-state index contributed by atoms with van der Waals surface area (Å²) in [4.78, 5) is 89.6. The zero-order chi connectivity index (χ0) is 66.9. The number of nitrogens with zero attached hydrogens (tertiary/aromatic N) is 13. The Labute approximate surface area is 544 Å². The van der Waals surface area contributed by atoms with E-state index in [1.165, 1.54) is 47.5 Å². The number of nitrogens with one attached hydrogen (secondary N) is 3. The molecule has 6 aromatic rings. The van der Waals surface area contributed by atoms with Crippen molar-refractivity contribution in [1.29, 1.82) is 0 Å². The Balaban J connectivity index is 0.000000153. The third-order valence-corrected chi connectivity index (χ3v) is 18.0. The summed E-state index contributed by atoms with van der Waals surface area (Å²) >= 11 is 6.07. The topological polar surface area (TPSA) is 224 Å². The van der Waals surface area contributed by atoms with Gasteiger partial charge >= 0.3 is 18.1 Å². The van der Waals surface area contributed by atoms with Crippen LogP contribution in [0, 0.1) is 24.4 Å². The first-order valence-electron chi connectivity index (χ1n) is 30.0. The summed E-state index contributed by atoms with van der Waals surface area (Å²) in [5.74, 6) is -2.96. The fraction of sp³-hybridized carbons (Fsp3) is 0.467. The van der Waals surface area contributed by atoms with Crippen molar-refractivity contribution in [2.75, 3.05) is 55.2 Å². The zero-order valence-corrected chi connectivity index (χ0v) is 53.9. The van der Waals surface area contributed by atoms with Gasteiger partial charge in [-0.1, -0.05) is 0 Å². The molecule has 0 bridgehead atoms. The molecule has 0 radical (unpaired) electrons. The second kappa shape index (κ2) is 28.6. The summed E-state index contributed by atoms with van der Waals surface area (Å²) in [6.45, 7) is 7.71. The number of anilines is 3. The Hall–Kier alpha value is -8.23. The maximum atomic E-state index is 14.2. The largest absolute Gasteiger partial charge is 0.332 e. The van der Waals surface area contributed by atoms with Gasteiger partial charge in [0.25, 0.3) is 37.0 Å². The Morgan fingerprint density at radius 1 is 0.527 bits per heavy atom. The summed E-state index contributed by atoms with van der Waals surface area (Å²) < 4.78 is 124. The molecule has 3 N–H and O–H groups in total. The van der Waals surface area contributed by atoms with E-state index in [1.54, 1.807) is 36.8 Å². The molecule has 6 aliphatic heterocycles. The molecule has 3 atom stereocenters.